The van der Waals surface area contributed by atoms with Crippen LogP contribution in [0.25, 0.3) is 5.69 Å². The van der Waals surface area contributed by atoms with Gasteiger partial charge in [0.15, 0.2) is 0 Å². The highest BCUT2D eigenvalue weighted by atomic mass is 19.3. The first-order chi connectivity index (χ1) is 11.4. The maximum Gasteiger partial charge on any atom is 0.266 e. The van der Waals surface area contributed by atoms with Crippen molar-refractivity contribution in [2.24, 2.45) is 5.92 Å². The zero-order valence-corrected chi connectivity index (χ0v) is 12.8. The number of alkyl halides is 2. The Bertz CT molecular complexity index is 687. The Labute approximate surface area is 137 Å². The maximum absolute atomic E-state index is 12.8. The average Bonchev–Trinajstić information content (AvgIpc) is 3.12. The predicted molar refractivity (Wildman–Crippen MR) is 82.1 cm³/mol. The fourth-order valence-electron chi connectivity index (χ4n) is 2.17. The summed E-state index contributed by atoms with van der Waals surface area (Å²) in [6.45, 7) is 1.11. The molecule has 2 amide bonds. The molecule has 1 aromatic carbocycles. The van der Waals surface area contributed by atoms with Crippen LogP contribution in [0.1, 0.15) is 17.3 Å². The lowest BCUT2D eigenvalue weighted by atomic mass is 10.0. The van der Waals surface area contributed by atoms with Crippen LogP contribution in [0.15, 0.2) is 48.8 Å². The third kappa shape index (κ3) is 3.96. The fourth-order valence-corrected chi connectivity index (χ4v) is 2.17. The van der Waals surface area contributed by atoms with Gasteiger partial charge in [-0.15, -0.1) is 0 Å². The largest absolute Gasteiger partial charge is 0.340 e. The van der Waals surface area contributed by atoms with Crippen LogP contribution in [0, 0.1) is 5.92 Å². The third-order valence-corrected chi connectivity index (χ3v) is 3.63. The van der Waals surface area contributed by atoms with Crippen LogP contribution in [0.4, 0.5) is 8.78 Å². The van der Waals surface area contributed by atoms with Crippen LogP contribution in [0.2, 0.25) is 0 Å². The lowest BCUT2D eigenvalue weighted by Gasteiger charge is -2.22. The highest BCUT2D eigenvalue weighted by Gasteiger charge is 2.32. The molecule has 128 valence electrons. The molecule has 6 nitrogen and oxygen atoms in total. The number of halogens is 2. The maximum atomic E-state index is 12.8. The number of hydrogen-bond acceptors (Lipinski definition) is 3. The summed E-state index contributed by atoms with van der Waals surface area (Å²) in [4.78, 5) is 23.7. The smallest absolute Gasteiger partial charge is 0.266 e. The number of nitrogens with zero attached hydrogens (tertiary/aromatic N) is 1. The molecule has 0 aliphatic heterocycles. The first-order valence-electron chi connectivity index (χ1n) is 7.20. The van der Waals surface area contributed by atoms with Crippen LogP contribution in [0.5, 0.6) is 0 Å². The number of nitrogens with one attached hydrogen (secondary N) is 2. The van der Waals surface area contributed by atoms with Gasteiger partial charge in [-0.05, 0) is 36.4 Å². The lowest BCUT2D eigenvalue weighted by Crippen LogP contribution is -2.51. The summed E-state index contributed by atoms with van der Waals surface area (Å²) >= 11 is 0. The van der Waals surface area contributed by atoms with E-state index in [1.165, 1.54) is 17.6 Å². The minimum Gasteiger partial charge on any atom is -0.340 e. The van der Waals surface area contributed by atoms with Crippen molar-refractivity contribution < 1.29 is 23.6 Å². The van der Waals surface area contributed by atoms with Gasteiger partial charge in [0, 0.05) is 29.6 Å². The zero-order chi connectivity index (χ0) is 17.7. The van der Waals surface area contributed by atoms with Gasteiger partial charge in [0.25, 0.3) is 11.8 Å². The van der Waals surface area contributed by atoms with Crippen LogP contribution in [-0.2, 0) is 4.79 Å². The average molecular weight is 337 g/mol. The zero-order valence-electron chi connectivity index (χ0n) is 12.8. The van der Waals surface area contributed by atoms with E-state index in [0.717, 1.165) is 12.6 Å². The van der Waals surface area contributed by atoms with Gasteiger partial charge in [-0.3, -0.25) is 14.8 Å². The van der Waals surface area contributed by atoms with Gasteiger partial charge in [0.2, 0.25) is 6.43 Å². The van der Waals surface area contributed by atoms with E-state index in [4.69, 9.17) is 5.21 Å². The number of amides is 2. The summed E-state index contributed by atoms with van der Waals surface area (Å²) in [6.07, 6.45) is 0.839. The molecule has 0 saturated carbocycles. The van der Waals surface area contributed by atoms with Gasteiger partial charge in [0.05, 0.1) is 0 Å². The van der Waals surface area contributed by atoms with Crippen molar-refractivity contribution in [3.63, 3.8) is 0 Å². The van der Waals surface area contributed by atoms with Crippen molar-refractivity contribution in [1.82, 2.24) is 15.4 Å². The van der Waals surface area contributed by atoms with Gasteiger partial charge in [-0.1, -0.05) is 6.92 Å². The molecule has 0 fully saturated rings. The van der Waals surface area contributed by atoms with Crippen molar-refractivity contribution in [3.05, 3.63) is 54.4 Å². The number of carbonyl (C=O) groups is 2. The van der Waals surface area contributed by atoms with Gasteiger partial charge in [0.1, 0.15) is 6.04 Å². The van der Waals surface area contributed by atoms with E-state index in [9.17, 15) is 18.4 Å². The summed E-state index contributed by atoms with van der Waals surface area (Å²) in [6, 6.07) is 8.57. The highest BCUT2D eigenvalue weighted by molar-refractivity contribution is 5.97. The van der Waals surface area contributed by atoms with E-state index >= 15 is 0 Å². The Balaban J connectivity index is 2.13. The monoisotopic (exact) mass is 337 g/mol. The normalized spacial score (nSPS) is 13.4. The van der Waals surface area contributed by atoms with E-state index in [1.54, 1.807) is 12.1 Å². The van der Waals surface area contributed by atoms with Gasteiger partial charge in [-0.25, -0.2) is 14.3 Å². The lowest BCUT2D eigenvalue weighted by molar-refractivity contribution is -0.134. The summed E-state index contributed by atoms with van der Waals surface area (Å²) in [5, 5.41) is 10.9. The second kappa shape index (κ2) is 7.69. The molecule has 24 heavy (non-hydrogen) atoms. The molecule has 2 aromatic rings. The number of benzene rings is 1. The van der Waals surface area contributed by atoms with Crippen molar-refractivity contribution in [2.75, 3.05) is 0 Å². The van der Waals surface area contributed by atoms with E-state index in [1.807, 2.05) is 29.1 Å². The number of rotatable bonds is 6. The summed E-state index contributed by atoms with van der Waals surface area (Å²) in [7, 11) is 0. The second-order valence-corrected chi connectivity index (χ2v) is 5.26. The quantitative estimate of drug-likeness (QED) is 0.557. The standard InChI is InChI=1S/C16H17F2N3O3/c1-10(14(17)18)13(16(23)20-24)19-15(22)11-4-6-12(7-5-11)21-8-2-3-9-21/h2-10,13-14,24H,1H3,(H,19,22)(H,20,23)/t10-,13+/m1/s1. The molecule has 8 heteroatoms. The van der Waals surface area contributed by atoms with Gasteiger partial charge < -0.3 is 9.88 Å². The molecule has 0 aliphatic rings. The molecule has 0 aliphatic carbocycles. The third-order valence-electron chi connectivity index (χ3n) is 3.63. The number of hydrogen-bond donors (Lipinski definition) is 3. The molecule has 0 spiro atoms. The molecule has 2 atom stereocenters. The van der Waals surface area contributed by atoms with Crippen molar-refractivity contribution in [2.45, 2.75) is 19.4 Å². The molecule has 3 N–H and O–H groups in total. The molecule has 2 rings (SSSR count). The Kier molecular flexibility index (Phi) is 5.64. The number of aromatic nitrogens is 1. The van der Waals surface area contributed by atoms with Crippen molar-refractivity contribution >= 4 is 11.8 Å². The van der Waals surface area contributed by atoms with E-state index in [-0.39, 0.29) is 5.56 Å². The first-order valence-corrected chi connectivity index (χ1v) is 7.20. The van der Waals surface area contributed by atoms with Gasteiger partial charge in [-0.2, -0.15) is 0 Å². The topological polar surface area (TPSA) is 83.4 Å². The Morgan fingerprint density at radius 3 is 2.21 bits per heavy atom. The summed E-state index contributed by atoms with van der Waals surface area (Å²) < 4.78 is 27.5. The highest BCUT2D eigenvalue weighted by Crippen LogP contribution is 2.15. The van der Waals surface area contributed by atoms with Crippen molar-refractivity contribution in [3.8, 4) is 5.69 Å². The summed E-state index contributed by atoms with van der Waals surface area (Å²) in [5.41, 5.74) is 2.33. The SMILES string of the molecule is C[C@@H](C(F)F)[C@H](NC(=O)c1ccc(-n2cccc2)cc1)C(=O)NO. The van der Waals surface area contributed by atoms with E-state index < -0.39 is 30.2 Å². The van der Waals surface area contributed by atoms with Crippen LogP contribution >= 0.6 is 0 Å². The molecule has 0 unspecified atom stereocenters. The molecule has 0 saturated heterocycles. The van der Waals surface area contributed by atoms with Gasteiger partial charge >= 0.3 is 0 Å². The minimum absolute atomic E-state index is 0.211. The minimum atomic E-state index is -2.83. The predicted octanol–water partition coefficient (Wildman–Crippen LogP) is 1.98. The number of hydroxylamine groups is 1. The molecular weight excluding hydrogens is 320 g/mol. The van der Waals surface area contributed by atoms with Crippen LogP contribution < -0.4 is 10.8 Å². The molecule has 0 bridgehead atoms. The van der Waals surface area contributed by atoms with Crippen LogP contribution in [-0.4, -0.2) is 34.1 Å². The van der Waals surface area contributed by atoms with Crippen LogP contribution in [0.3, 0.4) is 0 Å². The Hall–Kier alpha value is -2.74. The Morgan fingerprint density at radius 1 is 1.12 bits per heavy atom. The van der Waals surface area contributed by atoms with Crippen molar-refractivity contribution in [1.29, 1.82) is 0 Å². The number of carbonyl (C=O) groups excluding carboxylic acids is 2. The molecule has 1 heterocycles. The first kappa shape index (κ1) is 17.6. The second-order valence-electron chi connectivity index (χ2n) is 5.26. The summed E-state index contributed by atoms with van der Waals surface area (Å²) in [5.74, 6) is -3.24. The fraction of sp³-hybridized carbons (Fsp3) is 0.250. The molecular formula is C16H17F2N3O3. The van der Waals surface area contributed by atoms with E-state index in [0.29, 0.717) is 0 Å². The molecule has 0 radical (unpaired) electrons. The Morgan fingerprint density at radius 2 is 1.71 bits per heavy atom. The van der Waals surface area contributed by atoms with E-state index in [2.05, 4.69) is 5.32 Å². The molecule has 1 aromatic heterocycles.